The highest BCUT2D eigenvalue weighted by atomic mass is 79.9. The van der Waals surface area contributed by atoms with Crippen molar-refractivity contribution in [2.75, 3.05) is 38.2 Å². The van der Waals surface area contributed by atoms with Gasteiger partial charge in [0.05, 0.1) is 29.6 Å². The number of piperazine rings is 1. The summed E-state index contributed by atoms with van der Waals surface area (Å²) in [7, 11) is 1.70. The van der Waals surface area contributed by atoms with Crippen molar-refractivity contribution in [2.45, 2.75) is 26.2 Å². The molecule has 0 bridgehead atoms. The molecule has 6 heteroatoms. The zero-order valence-corrected chi connectivity index (χ0v) is 23.0. The van der Waals surface area contributed by atoms with E-state index in [2.05, 4.69) is 58.1 Å². The van der Waals surface area contributed by atoms with E-state index in [4.69, 9.17) is 9.72 Å². The van der Waals surface area contributed by atoms with Gasteiger partial charge in [0.2, 0.25) is 0 Å². The van der Waals surface area contributed by atoms with Crippen LogP contribution in [0.15, 0.2) is 77.3 Å². The fourth-order valence-electron chi connectivity index (χ4n) is 4.96. The molecule has 0 spiro atoms. The summed E-state index contributed by atoms with van der Waals surface area (Å²) in [4.78, 5) is 23.1. The molecule has 1 saturated heterocycles. The summed E-state index contributed by atoms with van der Waals surface area (Å²) in [6, 6.07) is 24.6. The highest BCUT2D eigenvalue weighted by Gasteiger charge is 2.25. The van der Waals surface area contributed by atoms with Crippen molar-refractivity contribution in [3.05, 3.63) is 88.4 Å². The van der Waals surface area contributed by atoms with Gasteiger partial charge in [0, 0.05) is 41.6 Å². The number of fused-ring (bicyclic) bond motifs is 1. The predicted molar refractivity (Wildman–Crippen MR) is 155 cm³/mol. The number of ether oxygens (including phenoxy) is 1. The van der Waals surface area contributed by atoms with Crippen molar-refractivity contribution in [3.63, 3.8) is 0 Å². The minimum atomic E-state index is 0.0472. The monoisotopic (exact) mass is 557 g/mol. The van der Waals surface area contributed by atoms with Crippen LogP contribution in [-0.4, -0.2) is 49.1 Å². The van der Waals surface area contributed by atoms with Crippen LogP contribution in [0.2, 0.25) is 0 Å². The first-order valence-electron chi connectivity index (χ1n) is 12.9. The van der Waals surface area contributed by atoms with Crippen molar-refractivity contribution in [1.29, 1.82) is 0 Å². The van der Waals surface area contributed by atoms with Gasteiger partial charge in [-0.1, -0.05) is 65.7 Å². The third-order valence-electron chi connectivity index (χ3n) is 7.06. The fraction of sp³-hybridized carbons (Fsp3) is 0.290. The molecule has 5 nitrogen and oxygen atoms in total. The summed E-state index contributed by atoms with van der Waals surface area (Å²) in [6.07, 6.45) is 3.45. The molecular formula is C31H32BrN3O2. The molecule has 190 valence electrons. The number of nitrogens with zero attached hydrogens (tertiary/aromatic N) is 3. The molecule has 0 N–H and O–H groups in total. The van der Waals surface area contributed by atoms with E-state index in [1.54, 1.807) is 7.11 Å². The Bertz CT molecular complexity index is 1400. The fourth-order valence-corrected chi connectivity index (χ4v) is 5.32. The van der Waals surface area contributed by atoms with Crippen LogP contribution in [0.3, 0.4) is 0 Å². The average Bonchev–Trinajstić information content (AvgIpc) is 2.95. The molecule has 4 aromatic rings. The van der Waals surface area contributed by atoms with E-state index in [9.17, 15) is 4.79 Å². The minimum Gasteiger partial charge on any atom is -0.495 e. The van der Waals surface area contributed by atoms with E-state index in [1.165, 1.54) is 18.4 Å². The Hall–Kier alpha value is -3.38. The Labute approximate surface area is 227 Å². The SMILES string of the molecule is CCCCc1ccc(-c2cc(C(=O)N3CCN(c4ccccc4OC)CC3)c3cc(Br)ccc3n2)cc1. The maximum absolute atomic E-state index is 13.9. The number of halogens is 1. The van der Waals surface area contributed by atoms with E-state index in [0.29, 0.717) is 18.7 Å². The number of unbranched alkanes of at least 4 members (excludes halogenated alkanes) is 1. The van der Waals surface area contributed by atoms with Crippen molar-refractivity contribution in [1.82, 2.24) is 9.88 Å². The number of pyridine rings is 1. The molecule has 0 atom stereocenters. The number of anilines is 1. The van der Waals surface area contributed by atoms with Crippen molar-refractivity contribution < 1.29 is 9.53 Å². The van der Waals surface area contributed by atoms with Crippen LogP contribution >= 0.6 is 15.9 Å². The zero-order valence-electron chi connectivity index (χ0n) is 21.4. The second kappa shape index (κ2) is 11.3. The Kier molecular flexibility index (Phi) is 7.75. The lowest BCUT2D eigenvalue weighted by Gasteiger charge is -2.36. The Morgan fingerprint density at radius 3 is 2.46 bits per heavy atom. The van der Waals surface area contributed by atoms with Crippen molar-refractivity contribution >= 4 is 38.4 Å². The summed E-state index contributed by atoms with van der Waals surface area (Å²) in [5.74, 6) is 0.906. The van der Waals surface area contributed by atoms with Crippen LogP contribution in [0, 0.1) is 0 Å². The molecular weight excluding hydrogens is 526 g/mol. The van der Waals surface area contributed by atoms with Crippen LogP contribution in [0.4, 0.5) is 5.69 Å². The second-order valence-corrected chi connectivity index (χ2v) is 10.4. The van der Waals surface area contributed by atoms with Crippen LogP contribution in [0.1, 0.15) is 35.7 Å². The molecule has 37 heavy (non-hydrogen) atoms. The highest BCUT2D eigenvalue weighted by molar-refractivity contribution is 9.10. The third kappa shape index (κ3) is 5.49. The maximum Gasteiger partial charge on any atom is 0.254 e. The van der Waals surface area contributed by atoms with Crippen molar-refractivity contribution in [2.24, 2.45) is 0 Å². The number of carbonyl (C=O) groups is 1. The largest absolute Gasteiger partial charge is 0.495 e. The molecule has 0 saturated carbocycles. The summed E-state index contributed by atoms with van der Waals surface area (Å²) in [6.45, 7) is 5.02. The quantitative estimate of drug-likeness (QED) is 0.246. The zero-order chi connectivity index (χ0) is 25.8. The van der Waals surface area contributed by atoms with Crippen LogP contribution in [0.5, 0.6) is 5.75 Å². The lowest BCUT2D eigenvalue weighted by atomic mass is 10.0. The molecule has 2 heterocycles. The molecule has 1 aliphatic heterocycles. The minimum absolute atomic E-state index is 0.0472. The Morgan fingerprint density at radius 2 is 1.73 bits per heavy atom. The molecule has 0 unspecified atom stereocenters. The average molecular weight is 559 g/mol. The number of benzene rings is 3. The normalized spacial score (nSPS) is 13.7. The smallest absolute Gasteiger partial charge is 0.254 e. The number of carbonyl (C=O) groups excluding carboxylic acids is 1. The van der Waals surface area contributed by atoms with E-state index in [0.717, 1.165) is 57.6 Å². The molecule has 1 amide bonds. The summed E-state index contributed by atoms with van der Waals surface area (Å²) in [5.41, 5.74) is 5.78. The molecule has 0 radical (unpaired) electrons. The van der Waals surface area contributed by atoms with Gasteiger partial charge in [-0.3, -0.25) is 4.79 Å². The van der Waals surface area contributed by atoms with Gasteiger partial charge < -0.3 is 14.5 Å². The second-order valence-electron chi connectivity index (χ2n) is 9.47. The van der Waals surface area contributed by atoms with E-state index in [-0.39, 0.29) is 5.91 Å². The number of aryl methyl sites for hydroxylation is 1. The molecule has 0 aliphatic carbocycles. The topological polar surface area (TPSA) is 45.7 Å². The summed E-state index contributed by atoms with van der Waals surface area (Å²) in [5, 5.41) is 0.870. The molecule has 5 rings (SSSR count). The van der Waals surface area contributed by atoms with Gasteiger partial charge in [0.1, 0.15) is 5.75 Å². The summed E-state index contributed by atoms with van der Waals surface area (Å²) >= 11 is 3.58. The number of hydrogen-bond acceptors (Lipinski definition) is 4. The standard InChI is InChI=1S/C31H32BrN3O2/c1-3-4-7-22-10-12-23(13-11-22)28-21-26(25-20-24(32)14-15-27(25)33-28)31(36)35-18-16-34(17-19-35)29-8-5-6-9-30(29)37-2/h5-6,8-15,20-21H,3-4,7,16-19H2,1-2H3. The van der Waals surface area contributed by atoms with Gasteiger partial charge in [0.15, 0.2) is 0 Å². The van der Waals surface area contributed by atoms with Crippen LogP contribution in [0.25, 0.3) is 22.2 Å². The summed E-state index contributed by atoms with van der Waals surface area (Å²) < 4.78 is 6.48. The van der Waals surface area contributed by atoms with Gasteiger partial charge in [0.25, 0.3) is 5.91 Å². The first-order chi connectivity index (χ1) is 18.1. The van der Waals surface area contributed by atoms with E-state index in [1.807, 2.05) is 47.4 Å². The number of rotatable bonds is 7. The van der Waals surface area contributed by atoms with Crippen LogP contribution < -0.4 is 9.64 Å². The maximum atomic E-state index is 13.9. The van der Waals surface area contributed by atoms with Gasteiger partial charge >= 0.3 is 0 Å². The predicted octanol–water partition coefficient (Wildman–Crippen LogP) is 6.98. The molecule has 3 aromatic carbocycles. The highest BCUT2D eigenvalue weighted by Crippen LogP contribution is 2.31. The van der Waals surface area contributed by atoms with E-state index < -0.39 is 0 Å². The Morgan fingerprint density at radius 1 is 0.973 bits per heavy atom. The third-order valence-corrected chi connectivity index (χ3v) is 7.56. The molecule has 1 aliphatic rings. The number of methoxy groups -OCH3 is 1. The van der Waals surface area contributed by atoms with Gasteiger partial charge in [-0.15, -0.1) is 0 Å². The first kappa shape index (κ1) is 25.3. The molecule has 1 fully saturated rings. The molecule has 1 aromatic heterocycles. The van der Waals surface area contributed by atoms with Gasteiger partial charge in [-0.05, 0) is 54.8 Å². The van der Waals surface area contributed by atoms with Gasteiger partial charge in [-0.25, -0.2) is 4.98 Å². The number of amides is 1. The van der Waals surface area contributed by atoms with Crippen molar-refractivity contribution in [3.8, 4) is 17.0 Å². The Balaban J connectivity index is 1.42. The lowest BCUT2D eigenvalue weighted by Crippen LogP contribution is -2.49. The number of para-hydroxylation sites is 2. The van der Waals surface area contributed by atoms with Crippen LogP contribution in [-0.2, 0) is 6.42 Å². The number of hydrogen-bond donors (Lipinski definition) is 0. The van der Waals surface area contributed by atoms with Gasteiger partial charge in [-0.2, -0.15) is 0 Å². The van der Waals surface area contributed by atoms with E-state index >= 15 is 0 Å². The lowest BCUT2D eigenvalue weighted by molar-refractivity contribution is 0.0748. The number of aromatic nitrogens is 1. The first-order valence-corrected chi connectivity index (χ1v) is 13.7.